The molecule has 0 fully saturated rings. The highest BCUT2D eigenvalue weighted by Crippen LogP contribution is 2.30. The van der Waals surface area contributed by atoms with Gasteiger partial charge in [-0.25, -0.2) is 0 Å². The zero-order valence-corrected chi connectivity index (χ0v) is 11.5. The topological polar surface area (TPSA) is 122 Å². The molecule has 8 nitrogen and oxygen atoms in total. The Morgan fingerprint density at radius 3 is 2.67 bits per heavy atom. The van der Waals surface area contributed by atoms with E-state index in [1.54, 1.807) is 13.0 Å². The van der Waals surface area contributed by atoms with E-state index in [1.165, 1.54) is 19.1 Å². The number of anilines is 1. The van der Waals surface area contributed by atoms with E-state index in [4.69, 9.17) is 10.00 Å². The van der Waals surface area contributed by atoms with Crippen LogP contribution in [0.3, 0.4) is 0 Å². The first-order valence-corrected chi connectivity index (χ1v) is 6.02. The highest BCUT2D eigenvalue weighted by molar-refractivity contribution is 5.90. The van der Waals surface area contributed by atoms with Gasteiger partial charge in [-0.1, -0.05) is 0 Å². The lowest BCUT2D eigenvalue weighted by atomic mass is 9.98. The normalized spacial score (nSPS) is 11.1. The summed E-state index contributed by atoms with van der Waals surface area (Å²) in [5.74, 6) is -2.63. The summed E-state index contributed by atoms with van der Waals surface area (Å²) in [7, 11) is 0. The van der Waals surface area contributed by atoms with Crippen molar-refractivity contribution in [3.63, 3.8) is 0 Å². The first-order chi connectivity index (χ1) is 9.90. The second kappa shape index (κ2) is 7.00. The van der Waals surface area contributed by atoms with Crippen LogP contribution in [-0.4, -0.2) is 23.4 Å². The largest absolute Gasteiger partial charge is 0.465 e. The fraction of sp³-hybridized carbons (Fsp3) is 0.308. The third kappa shape index (κ3) is 4.01. The summed E-state index contributed by atoms with van der Waals surface area (Å²) in [6.07, 6.45) is 0. The molecule has 1 N–H and O–H groups in total. The first-order valence-electron chi connectivity index (χ1n) is 6.02. The molecule has 1 rings (SSSR count). The molecule has 0 spiro atoms. The van der Waals surface area contributed by atoms with Crippen LogP contribution in [0.4, 0.5) is 11.4 Å². The van der Waals surface area contributed by atoms with Gasteiger partial charge in [0, 0.05) is 18.7 Å². The number of nitrogens with zero attached hydrogens (tertiary/aromatic N) is 2. The van der Waals surface area contributed by atoms with Crippen molar-refractivity contribution in [2.24, 2.45) is 0 Å². The van der Waals surface area contributed by atoms with Crippen molar-refractivity contribution in [1.29, 1.82) is 5.26 Å². The van der Waals surface area contributed by atoms with Crippen molar-refractivity contribution in [2.75, 3.05) is 11.9 Å². The zero-order chi connectivity index (χ0) is 16.0. The molecule has 0 aliphatic rings. The van der Waals surface area contributed by atoms with E-state index >= 15 is 0 Å². The van der Waals surface area contributed by atoms with Crippen molar-refractivity contribution in [3.05, 3.63) is 33.9 Å². The predicted octanol–water partition coefficient (Wildman–Crippen LogP) is 1.72. The number of benzene rings is 1. The molecule has 0 aromatic heterocycles. The van der Waals surface area contributed by atoms with E-state index in [-0.39, 0.29) is 23.8 Å². The van der Waals surface area contributed by atoms with Gasteiger partial charge in [0.1, 0.15) is 0 Å². The van der Waals surface area contributed by atoms with Crippen LogP contribution >= 0.6 is 0 Å². The second-order valence-electron chi connectivity index (χ2n) is 4.03. The van der Waals surface area contributed by atoms with Gasteiger partial charge in [-0.05, 0) is 19.1 Å². The molecule has 0 saturated carbocycles. The van der Waals surface area contributed by atoms with Crippen LogP contribution in [0.15, 0.2) is 18.2 Å². The summed E-state index contributed by atoms with van der Waals surface area (Å²) in [6, 6.07) is 5.43. The van der Waals surface area contributed by atoms with Crippen LogP contribution < -0.4 is 5.32 Å². The summed E-state index contributed by atoms with van der Waals surface area (Å²) in [5, 5.41) is 22.5. The third-order valence-corrected chi connectivity index (χ3v) is 2.51. The number of esters is 1. The smallest absolute Gasteiger partial charge is 0.328 e. The summed E-state index contributed by atoms with van der Waals surface area (Å²) >= 11 is 0. The van der Waals surface area contributed by atoms with E-state index in [2.05, 4.69) is 5.32 Å². The number of ether oxygens (including phenoxy) is 1. The Morgan fingerprint density at radius 2 is 2.19 bits per heavy atom. The molecular formula is C13H13N3O5. The van der Waals surface area contributed by atoms with Crippen molar-refractivity contribution >= 4 is 23.3 Å². The van der Waals surface area contributed by atoms with Crippen LogP contribution in [0.2, 0.25) is 0 Å². The molecule has 1 aromatic carbocycles. The van der Waals surface area contributed by atoms with Gasteiger partial charge in [0.15, 0.2) is 5.92 Å². The average molecular weight is 291 g/mol. The minimum atomic E-state index is -1.39. The van der Waals surface area contributed by atoms with Gasteiger partial charge >= 0.3 is 5.97 Å². The highest BCUT2D eigenvalue weighted by atomic mass is 16.6. The van der Waals surface area contributed by atoms with Gasteiger partial charge in [-0.15, -0.1) is 0 Å². The second-order valence-corrected chi connectivity index (χ2v) is 4.03. The van der Waals surface area contributed by atoms with Gasteiger partial charge in [-0.3, -0.25) is 19.7 Å². The maximum absolute atomic E-state index is 11.7. The molecule has 0 aliphatic heterocycles. The number of amides is 1. The Balaban J connectivity index is 3.28. The molecule has 8 heteroatoms. The summed E-state index contributed by atoms with van der Waals surface area (Å²) in [4.78, 5) is 33.0. The minimum absolute atomic E-state index is 0.0643. The van der Waals surface area contributed by atoms with E-state index < -0.39 is 22.5 Å². The molecule has 1 amide bonds. The lowest BCUT2D eigenvalue weighted by Gasteiger charge is -2.10. The number of rotatable bonds is 5. The fourth-order valence-electron chi connectivity index (χ4n) is 1.70. The lowest BCUT2D eigenvalue weighted by Crippen LogP contribution is -2.16. The van der Waals surface area contributed by atoms with Crippen molar-refractivity contribution in [2.45, 2.75) is 19.8 Å². The fourth-order valence-corrected chi connectivity index (χ4v) is 1.70. The maximum Gasteiger partial charge on any atom is 0.328 e. The van der Waals surface area contributed by atoms with Crippen LogP contribution in [0.25, 0.3) is 0 Å². The van der Waals surface area contributed by atoms with Gasteiger partial charge < -0.3 is 10.1 Å². The lowest BCUT2D eigenvalue weighted by molar-refractivity contribution is -0.385. The van der Waals surface area contributed by atoms with E-state index in [0.29, 0.717) is 0 Å². The molecule has 0 saturated heterocycles. The molecule has 0 heterocycles. The SMILES string of the molecule is CCOC(=O)C(C#N)c1ccc(NC(C)=O)cc1[N+](=O)[O-]. The van der Waals surface area contributed by atoms with Crippen LogP contribution in [0, 0.1) is 21.4 Å². The summed E-state index contributed by atoms with van der Waals surface area (Å²) < 4.78 is 4.73. The molecule has 0 bridgehead atoms. The quantitative estimate of drug-likeness (QED) is 0.500. The van der Waals surface area contributed by atoms with Crippen LogP contribution in [0.1, 0.15) is 25.3 Å². The van der Waals surface area contributed by atoms with Gasteiger partial charge in [-0.2, -0.15) is 5.26 Å². The monoisotopic (exact) mass is 291 g/mol. The molecule has 0 aliphatic carbocycles. The van der Waals surface area contributed by atoms with E-state index in [0.717, 1.165) is 6.07 Å². The highest BCUT2D eigenvalue weighted by Gasteiger charge is 2.29. The number of carbonyl (C=O) groups is 2. The number of nitrogens with one attached hydrogen (secondary N) is 1. The molecular weight excluding hydrogens is 278 g/mol. The predicted molar refractivity (Wildman–Crippen MR) is 72.4 cm³/mol. The van der Waals surface area contributed by atoms with E-state index in [9.17, 15) is 19.7 Å². The number of carbonyl (C=O) groups excluding carboxylic acids is 2. The number of hydrogen-bond donors (Lipinski definition) is 1. The average Bonchev–Trinajstić information content (AvgIpc) is 2.40. The summed E-state index contributed by atoms with van der Waals surface area (Å²) in [6.45, 7) is 2.89. The molecule has 1 atom stereocenters. The van der Waals surface area contributed by atoms with Gasteiger partial charge in [0.05, 0.1) is 23.2 Å². The number of nitro groups is 1. The molecule has 1 unspecified atom stereocenters. The Morgan fingerprint density at radius 1 is 1.52 bits per heavy atom. The molecule has 21 heavy (non-hydrogen) atoms. The summed E-state index contributed by atoms with van der Waals surface area (Å²) in [5.41, 5.74) is -0.297. The van der Waals surface area contributed by atoms with Gasteiger partial charge in [0.2, 0.25) is 5.91 Å². The minimum Gasteiger partial charge on any atom is -0.465 e. The van der Waals surface area contributed by atoms with Crippen molar-refractivity contribution in [3.8, 4) is 6.07 Å². The molecule has 1 aromatic rings. The van der Waals surface area contributed by atoms with Crippen LogP contribution in [0.5, 0.6) is 0 Å². The Labute approximate surface area is 120 Å². The Bertz CT molecular complexity index is 621. The third-order valence-electron chi connectivity index (χ3n) is 2.51. The van der Waals surface area contributed by atoms with Crippen molar-refractivity contribution < 1.29 is 19.2 Å². The number of nitro benzene ring substituents is 1. The molecule has 0 radical (unpaired) electrons. The standard InChI is InChI=1S/C13H13N3O5/c1-3-21-13(18)11(7-14)10-5-4-9(15-8(2)17)6-12(10)16(19)20/h4-6,11H,3H2,1-2H3,(H,15,17). The Kier molecular flexibility index (Phi) is 5.37. The molecule has 110 valence electrons. The number of nitriles is 1. The van der Waals surface area contributed by atoms with E-state index in [1.807, 2.05) is 0 Å². The van der Waals surface area contributed by atoms with Crippen LogP contribution in [-0.2, 0) is 14.3 Å². The van der Waals surface area contributed by atoms with Gasteiger partial charge in [0.25, 0.3) is 5.69 Å². The zero-order valence-electron chi connectivity index (χ0n) is 11.5. The first kappa shape index (κ1) is 16.1. The maximum atomic E-state index is 11.7. The Hall–Kier alpha value is -2.95. The van der Waals surface area contributed by atoms with Crippen molar-refractivity contribution in [1.82, 2.24) is 0 Å². The number of hydrogen-bond acceptors (Lipinski definition) is 6.